The molecule has 0 fully saturated rings. The quantitative estimate of drug-likeness (QED) is 0.560. The van der Waals surface area contributed by atoms with Crippen molar-refractivity contribution in [3.05, 3.63) is 0 Å². The maximum Gasteiger partial charge on any atom is 0.0462 e. The SMILES string of the molecule is CCNCC(CC)CCCCOC. The lowest BCUT2D eigenvalue weighted by molar-refractivity contribution is 0.190. The van der Waals surface area contributed by atoms with Crippen LogP contribution in [0.1, 0.15) is 39.5 Å². The Morgan fingerprint density at radius 2 is 2.00 bits per heavy atom. The summed E-state index contributed by atoms with van der Waals surface area (Å²) in [5, 5.41) is 3.41. The largest absolute Gasteiger partial charge is 0.385 e. The molecular formula is C11H25NO. The molecule has 0 aromatic rings. The molecule has 0 saturated heterocycles. The third kappa shape index (κ3) is 8.26. The van der Waals surface area contributed by atoms with Gasteiger partial charge in [0.2, 0.25) is 0 Å². The third-order valence-electron chi connectivity index (χ3n) is 2.47. The molecule has 1 atom stereocenters. The van der Waals surface area contributed by atoms with Crippen LogP contribution in [0.3, 0.4) is 0 Å². The summed E-state index contributed by atoms with van der Waals surface area (Å²) in [6, 6.07) is 0. The van der Waals surface area contributed by atoms with Gasteiger partial charge in [-0.15, -0.1) is 0 Å². The van der Waals surface area contributed by atoms with E-state index in [9.17, 15) is 0 Å². The highest BCUT2D eigenvalue weighted by molar-refractivity contribution is 4.60. The van der Waals surface area contributed by atoms with Crippen LogP contribution in [-0.2, 0) is 4.74 Å². The van der Waals surface area contributed by atoms with E-state index in [1.165, 1.54) is 32.2 Å². The lowest BCUT2D eigenvalue weighted by Crippen LogP contribution is -2.22. The van der Waals surface area contributed by atoms with E-state index in [0.29, 0.717) is 0 Å². The molecule has 1 N–H and O–H groups in total. The Morgan fingerprint density at radius 1 is 1.23 bits per heavy atom. The molecular weight excluding hydrogens is 162 g/mol. The first kappa shape index (κ1) is 12.9. The summed E-state index contributed by atoms with van der Waals surface area (Å²) < 4.78 is 5.02. The van der Waals surface area contributed by atoms with Crippen molar-refractivity contribution in [1.29, 1.82) is 0 Å². The maximum absolute atomic E-state index is 5.02. The zero-order chi connectivity index (χ0) is 9.94. The van der Waals surface area contributed by atoms with Gasteiger partial charge in [0.05, 0.1) is 0 Å². The molecule has 0 rings (SSSR count). The van der Waals surface area contributed by atoms with E-state index in [2.05, 4.69) is 19.2 Å². The number of ether oxygens (including phenoxy) is 1. The Morgan fingerprint density at radius 3 is 2.54 bits per heavy atom. The predicted octanol–water partition coefficient (Wildman–Crippen LogP) is 2.44. The van der Waals surface area contributed by atoms with Crippen LogP contribution < -0.4 is 5.32 Å². The highest BCUT2D eigenvalue weighted by Crippen LogP contribution is 2.11. The van der Waals surface area contributed by atoms with Crippen molar-refractivity contribution in [3.8, 4) is 0 Å². The highest BCUT2D eigenvalue weighted by Gasteiger charge is 2.04. The summed E-state index contributed by atoms with van der Waals surface area (Å²) in [6.45, 7) is 7.63. The summed E-state index contributed by atoms with van der Waals surface area (Å²) in [5.41, 5.74) is 0. The minimum atomic E-state index is 0.858. The van der Waals surface area contributed by atoms with E-state index in [-0.39, 0.29) is 0 Å². The van der Waals surface area contributed by atoms with Crippen LogP contribution in [0, 0.1) is 5.92 Å². The minimum Gasteiger partial charge on any atom is -0.385 e. The van der Waals surface area contributed by atoms with Gasteiger partial charge in [-0.3, -0.25) is 0 Å². The summed E-state index contributed by atoms with van der Waals surface area (Å²) >= 11 is 0. The third-order valence-corrected chi connectivity index (χ3v) is 2.47. The van der Waals surface area contributed by atoms with Crippen LogP contribution in [0.5, 0.6) is 0 Å². The Hall–Kier alpha value is -0.0800. The van der Waals surface area contributed by atoms with E-state index in [4.69, 9.17) is 4.74 Å². The molecule has 0 aliphatic carbocycles. The molecule has 80 valence electrons. The molecule has 0 aromatic carbocycles. The van der Waals surface area contributed by atoms with Crippen molar-refractivity contribution in [2.45, 2.75) is 39.5 Å². The lowest BCUT2D eigenvalue weighted by Gasteiger charge is -2.14. The van der Waals surface area contributed by atoms with Crippen LogP contribution in [0.2, 0.25) is 0 Å². The van der Waals surface area contributed by atoms with Gasteiger partial charge in [-0.1, -0.05) is 26.7 Å². The second-order valence-electron chi connectivity index (χ2n) is 3.57. The normalized spacial score (nSPS) is 13.2. The van der Waals surface area contributed by atoms with Crippen LogP contribution >= 0.6 is 0 Å². The van der Waals surface area contributed by atoms with Gasteiger partial charge in [0, 0.05) is 13.7 Å². The van der Waals surface area contributed by atoms with Gasteiger partial charge in [0.15, 0.2) is 0 Å². The van der Waals surface area contributed by atoms with Gasteiger partial charge in [-0.05, 0) is 31.8 Å². The minimum absolute atomic E-state index is 0.858. The Labute approximate surface area is 83.1 Å². The fourth-order valence-electron chi connectivity index (χ4n) is 1.48. The first-order valence-corrected chi connectivity index (χ1v) is 5.54. The smallest absolute Gasteiger partial charge is 0.0462 e. The van der Waals surface area contributed by atoms with E-state index in [0.717, 1.165) is 19.1 Å². The first-order chi connectivity index (χ1) is 6.35. The molecule has 0 aliphatic heterocycles. The summed E-state index contributed by atoms with van der Waals surface area (Å²) in [5.74, 6) is 0.858. The second kappa shape index (κ2) is 10.0. The average molecular weight is 187 g/mol. The Bertz CT molecular complexity index is 96.1. The van der Waals surface area contributed by atoms with E-state index >= 15 is 0 Å². The lowest BCUT2D eigenvalue weighted by atomic mass is 9.99. The van der Waals surface area contributed by atoms with Gasteiger partial charge in [-0.2, -0.15) is 0 Å². The maximum atomic E-state index is 5.02. The van der Waals surface area contributed by atoms with Crippen LogP contribution in [0.25, 0.3) is 0 Å². The van der Waals surface area contributed by atoms with Crippen LogP contribution in [0.15, 0.2) is 0 Å². The zero-order valence-electron chi connectivity index (χ0n) is 9.44. The van der Waals surface area contributed by atoms with Gasteiger partial charge in [0.1, 0.15) is 0 Å². The molecule has 1 unspecified atom stereocenters. The molecule has 0 aromatic heterocycles. The van der Waals surface area contributed by atoms with Gasteiger partial charge in [0.25, 0.3) is 0 Å². The van der Waals surface area contributed by atoms with E-state index in [1.54, 1.807) is 7.11 Å². The van der Waals surface area contributed by atoms with Crippen LogP contribution in [-0.4, -0.2) is 26.8 Å². The van der Waals surface area contributed by atoms with Gasteiger partial charge >= 0.3 is 0 Å². The molecule has 2 heteroatoms. The molecule has 0 heterocycles. The van der Waals surface area contributed by atoms with Gasteiger partial charge < -0.3 is 10.1 Å². The monoisotopic (exact) mass is 187 g/mol. The van der Waals surface area contributed by atoms with E-state index < -0.39 is 0 Å². The molecule has 13 heavy (non-hydrogen) atoms. The Balaban J connectivity index is 3.25. The standard InChI is InChI=1S/C11H25NO/c1-4-11(10-12-5-2)8-6-7-9-13-3/h11-12H,4-10H2,1-3H3. The second-order valence-corrected chi connectivity index (χ2v) is 3.57. The Kier molecular flexibility index (Phi) is 9.94. The summed E-state index contributed by atoms with van der Waals surface area (Å²) in [6.07, 6.45) is 5.14. The van der Waals surface area contributed by atoms with Crippen molar-refractivity contribution in [3.63, 3.8) is 0 Å². The summed E-state index contributed by atoms with van der Waals surface area (Å²) in [7, 11) is 1.77. The van der Waals surface area contributed by atoms with E-state index in [1.807, 2.05) is 0 Å². The van der Waals surface area contributed by atoms with Gasteiger partial charge in [-0.25, -0.2) is 0 Å². The number of hydrogen-bond acceptors (Lipinski definition) is 2. The molecule has 0 radical (unpaired) electrons. The number of hydrogen-bond donors (Lipinski definition) is 1. The van der Waals surface area contributed by atoms with Crippen molar-refractivity contribution in [2.24, 2.45) is 5.92 Å². The zero-order valence-corrected chi connectivity index (χ0v) is 9.44. The molecule has 0 aliphatic rings. The fourth-order valence-corrected chi connectivity index (χ4v) is 1.48. The fraction of sp³-hybridized carbons (Fsp3) is 1.00. The average Bonchev–Trinajstić information content (AvgIpc) is 2.17. The first-order valence-electron chi connectivity index (χ1n) is 5.54. The van der Waals surface area contributed by atoms with Crippen molar-refractivity contribution in [1.82, 2.24) is 5.32 Å². The molecule has 0 saturated carbocycles. The number of nitrogens with one attached hydrogen (secondary N) is 1. The van der Waals surface area contributed by atoms with Crippen molar-refractivity contribution >= 4 is 0 Å². The molecule has 2 nitrogen and oxygen atoms in total. The highest BCUT2D eigenvalue weighted by atomic mass is 16.5. The summed E-state index contributed by atoms with van der Waals surface area (Å²) in [4.78, 5) is 0. The number of methoxy groups -OCH3 is 1. The number of unbranched alkanes of at least 4 members (excludes halogenated alkanes) is 1. The number of rotatable bonds is 9. The molecule has 0 bridgehead atoms. The van der Waals surface area contributed by atoms with Crippen molar-refractivity contribution in [2.75, 3.05) is 26.8 Å². The van der Waals surface area contributed by atoms with Crippen molar-refractivity contribution < 1.29 is 4.74 Å². The van der Waals surface area contributed by atoms with Crippen LogP contribution in [0.4, 0.5) is 0 Å². The topological polar surface area (TPSA) is 21.3 Å². The predicted molar refractivity (Wildman–Crippen MR) is 58.1 cm³/mol. The molecule has 0 amide bonds. The molecule has 0 spiro atoms.